The van der Waals surface area contributed by atoms with E-state index in [4.69, 9.17) is 11.6 Å². The van der Waals surface area contributed by atoms with Crippen LogP contribution in [-0.2, 0) is 16.6 Å². The monoisotopic (exact) mass is 425 g/mol. The van der Waals surface area contributed by atoms with Crippen LogP contribution in [0.3, 0.4) is 0 Å². The molecule has 3 aromatic rings. The number of sulfonamides is 1. The van der Waals surface area contributed by atoms with Gasteiger partial charge in [0.15, 0.2) is 0 Å². The van der Waals surface area contributed by atoms with Gasteiger partial charge in [-0.25, -0.2) is 8.42 Å². The summed E-state index contributed by atoms with van der Waals surface area (Å²) in [5.74, 6) is 0. The molecule has 0 spiro atoms. The van der Waals surface area contributed by atoms with Gasteiger partial charge in [-0.05, 0) is 42.0 Å². The first kappa shape index (κ1) is 17.0. The van der Waals surface area contributed by atoms with Gasteiger partial charge in [-0.2, -0.15) is 5.10 Å². The Kier molecular flexibility index (Phi) is 4.93. The van der Waals surface area contributed by atoms with E-state index in [1.165, 1.54) is 6.07 Å². The molecule has 0 aliphatic carbocycles. The Morgan fingerprint density at radius 1 is 1.17 bits per heavy atom. The van der Waals surface area contributed by atoms with E-state index in [1.807, 2.05) is 24.4 Å². The van der Waals surface area contributed by atoms with Crippen molar-refractivity contribution in [3.05, 3.63) is 76.0 Å². The van der Waals surface area contributed by atoms with E-state index in [1.54, 1.807) is 35.1 Å². The third kappa shape index (κ3) is 3.98. The molecule has 1 heterocycles. The largest absolute Gasteiger partial charge is 0.280 e. The van der Waals surface area contributed by atoms with Crippen molar-refractivity contribution in [2.45, 2.75) is 11.4 Å². The maximum absolute atomic E-state index is 12.4. The summed E-state index contributed by atoms with van der Waals surface area (Å²) < 4.78 is 29.9. The molecule has 24 heavy (non-hydrogen) atoms. The molecule has 0 atom stereocenters. The van der Waals surface area contributed by atoms with Crippen LogP contribution >= 0.6 is 27.5 Å². The molecule has 2 aromatic carbocycles. The van der Waals surface area contributed by atoms with Gasteiger partial charge in [-0.1, -0.05) is 39.7 Å². The van der Waals surface area contributed by atoms with Gasteiger partial charge >= 0.3 is 0 Å². The fourth-order valence-electron chi connectivity index (χ4n) is 2.16. The van der Waals surface area contributed by atoms with Crippen molar-refractivity contribution in [2.75, 3.05) is 4.72 Å². The molecule has 3 rings (SSSR count). The summed E-state index contributed by atoms with van der Waals surface area (Å²) in [6.45, 7) is 0.624. The van der Waals surface area contributed by atoms with Crippen LogP contribution in [-0.4, -0.2) is 18.2 Å². The van der Waals surface area contributed by atoms with Crippen LogP contribution in [0.15, 0.2) is 70.3 Å². The van der Waals surface area contributed by atoms with Crippen molar-refractivity contribution >= 4 is 43.2 Å². The predicted molar refractivity (Wildman–Crippen MR) is 97.7 cm³/mol. The molecule has 0 unspecified atom stereocenters. The summed E-state index contributed by atoms with van der Waals surface area (Å²) in [6, 6.07) is 13.6. The van der Waals surface area contributed by atoms with Crippen LogP contribution in [0.5, 0.6) is 0 Å². The quantitative estimate of drug-likeness (QED) is 0.666. The fourth-order valence-corrected chi connectivity index (χ4v) is 4.26. The number of nitrogens with one attached hydrogen (secondary N) is 1. The normalized spacial score (nSPS) is 11.4. The molecule has 0 fully saturated rings. The van der Waals surface area contributed by atoms with Gasteiger partial charge in [0.2, 0.25) is 0 Å². The summed E-state index contributed by atoms with van der Waals surface area (Å²) in [4.78, 5) is 0.0352. The third-order valence-corrected chi connectivity index (χ3v) is 5.65. The highest BCUT2D eigenvalue weighted by Gasteiger charge is 2.18. The second-order valence-electron chi connectivity index (χ2n) is 5.08. The Morgan fingerprint density at radius 3 is 2.54 bits per heavy atom. The first-order chi connectivity index (χ1) is 11.4. The van der Waals surface area contributed by atoms with Crippen molar-refractivity contribution in [1.29, 1.82) is 0 Å². The van der Waals surface area contributed by atoms with Crippen molar-refractivity contribution in [2.24, 2.45) is 0 Å². The maximum atomic E-state index is 12.4. The molecule has 0 saturated heterocycles. The Labute approximate surface area is 153 Å². The van der Waals surface area contributed by atoms with E-state index in [0.29, 0.717) is 12.2 Å². The van der Waals surface area contributed by atoms with Gasteiger partial charge in [-0.3, -0.25) is 9.40 Å². The van der Waals surface area contributed by atoms with Gasteiger partial charge in [0, 0.05) is 22.6 Å². The summed E-state index contributed by atoms with van der Waals surface area (Å²) in [5.41, 5.74) is 1.49. The lowest BCUT2D eigenvalue weighted by Gasteiger charge is -2.10. The van der Waals surface area contributed by atoms with Crippen molar-refractivity contribution < 1.29 is 8.42 Å². The predicted octanol–water partition coefficient (Wildman–Crippen LogP) is 4.15. The second-order valence-corrected chi connectivity index (χ2v) is 8.05. The van der Waals surface area contributed by atoms with Crippen molar-refractivity contribution in [3.8, 4) is 0 Å². The number of hydrogen-bond acceptors (Lipinski definition) is 3. The van der Waals surface area contributed by atoms with Crippen LogP contribution in [0, 0.1) is 0 Å². The molecular weight excluding hydrogens is 414 g/mol. The van der Waals surface area contributed by atoms with E-state index >= 15 is 0 Å². The third-order valence-electron chi connectivity index (χ3n) is 3.29. The lowest BCUT2D eigenvalue weighted by molar-refractivity contribution is 0.601. The van der Waals surface area contributed by atoms with Gasteiger partial charge in [-0.15, -0.1) is 0 Å². The molecule has 0 amide bonds. The van der Waals surface area contributed by atoms with Crippen LogP contribution in [0.25, 0.3) is 0 Å². The minimum absolute atomic E-state index is 0.0352. The molecule has 0 aliphatic heterocycles. The van der Waals surface area contributed by atoms with E-state index in [0.717, 1.165) is 10.0 Å². The zero-order chi connectivity index (χ0) is 17.2. The van der Waals surface area contributed by atoms with E-state index in [9.17, 15) is 8.42 Å². The number of benzene rings is 2. The Morgan fingerprint density at radius 2 is 1.92 bits per heavy atom. The lowest BCUT2D eigenvalue weighted by Crippen LogP contribution is -2.13. The topological polar surface area (TPSA) is 64.0 Å². The Balaban J connectivity index is 1.77. The van der Waals surface area contributed by atoms with Gasteiger partial charge in [0.25, 0.3) is 10.0 Å². The van der Waals surface area contributed by atoms with Crippen molar-refractivity contribution in [3.63, 3.8) is 0 Å². The highest BCUT2D eigenvalue weighted by atomic mass is 79.9. The molecule has 0 radical (unpaired) electrons. The van der Waals surface area contributed by atoms with Crippen LogP contribution in [0.2, 0.25) is 5.02 Å². The van der Waals surface area contributed by atoms with Gasteiger partial charge in [0.1, 0.15) is 4.90 Å². The summed E-state index contributed by atoms with van der Waals surface area (Å²) in [6.07, 6.45) is 3.58. The van der Waals surface area contributed by atoms with E-state index in [2.05, 4.69) is 25.8 Å². The lowest BCUT2D eigenvalue weighted by atomic mass is 10.2. The summed E-state index contributed by atoms with van der Waals surface area (Å²) in [7, 11) is -3.74. The minimum atomic E-state index is -3.74. The van der Waals surface area contributed by atoms with Crippen LogP contribution in [0.4, 0.5) is 5.69 Å². The zero-order valence-corrected chi connectivity index (χ0v) is 15.5. The number of hydrogen-bond donors (Lipinski definition) is 1. The van der Waals surface area contributed by atoms with Gasteiger partial charge < -0.3 is 0 Å². The van der Waals surface area contributed by atoms with Crippen molar-refractivity contribution in [1.82, 2.24) is 9.78 Å². The zero-order valence-electron chi connectivity index (χ0n) is 12.4. The number of aromatic nitrogens is 2. The Hall–Kier alpha value is -1.83. The average Bonchev–Trinajstić information content (AvgIpc) is 3.01. The first-order valence-electron chi connectivity index (χ1n) is 6.98. The average molecular weight is 427 g/mol. The first-order valence-corrected chi connectivity index (χ1v) is 9.64. The van der Waals surface area contributed by atoms with Crippen LogP contribution < -0.4 is 4.72 Å². The van der Waals surface area contributed by atoms with E-state index in [-0.39, 0.29) is 9.92 Å². The second kappa shape index (κ2) is 6.96. The maximum Gasteiger partial charge on any atom is 0.263 e. The molecular formula is C16H13BrClN3O2S. The number of halogens is 2. The SMILES string of the molecule is O=S(=O)(Nc1ccc(Cn2cccn2)cc1)c1ccc(Br)cc1Cl. The standard InChI is InChI=1S/C16H13BrClN3O2S/c17-13-4-7-16(15(18)10-13)24(22,23)20-14-5-2-12(3-6-14)11-21-9-1-8-19-21/h1-10,20H,11H2. The molecule has 8 heteroatoms. The summed E-state index contributed by atoms with van der Waals surface area (Å²) in [5, 5.41) is 4.30. The van der Waals surface area contributed by atoms with Crippen LogP contribution in [0.1, 0.15) is 5.56 Å². The molecule has 124 valence electrons. The Bertz CT molecular complexity index is 942. The van der Waals surface area contributed by atoms with Gasteiger partial charge in [0.05, 0.1) is 11.6 Å². The molecule has 1 N–H and O–H groups in total. The fraction of sp³-hybridized carbons (Fsp3) is 0.0625. The minimum Gasteiger partial charge on any atom is -0.280 e. The van der Waals surface area contributed by atoms with E-state index < -0.39 is 10.0 Å². The highest BCUT2D eigenvalue weighted by Crippen LogP contribution is 2.27. The molecule has 1 aromatic heterocycles. The number of rotatable bonds is 5. The summed E-state index contributed by atoms with van der Waals surface area (Å²) >= 11 is 9.28. The highest BCUT2D eigenvalue weighted by molar-refractivity contribution is 9.10. The number of nitrogens with zero attached hydrogens (tertiary/aromatic N) is 2. The molecule has 0 bridgehead atoms. The smallest absolute Gasteiger partial charge is 0.263 e. The molecule has 0 aliphatic rings. The molecule has 5 nitrogen and oxygen atoms in total. The number of anilines is 1. The molecule has 0 saturated carbocycles.